The Kier molecular flexibility index (Phi) is 6.25. The predicted octanol–water partition coefficient (Wildman–Crippen LogP) is 5.97. The van der Waals surface area contributed by atoms with E-state index >= 15 is 0 Å². The fraction of sp³-hybridized carbons (Fsp3) is 0.900. The van der Waals surface area contributed by atoms with E-state index in [0.717, 1.165) is 6.42 Å². The minimum atomic E-state index is -3.06. The zero-order chi connectivity index (χ0) is 12.4. The maximum absolute atomic E-state index is 7.97. The van der Waals surface area contributed by atoms with Crippen LogP contribution in [0.3, 0.4) is 0 Å². The van der Waals surface area contributed by atoms with Gasteiger partial charge in [-0.2, -0.15) is 5.92 Å². The first kappa shape index (κ1) is 15.9. The van der Waals surface area contributed by atoms with Gasteiger partial charge in [-0.25, -0.2) is 0 Å². The molecule has 1 spiro atoms. The number of rotatable bonds is 0. The molecule has 6 heteroatoms. The number of hydrogen-bond donors (Lipinski definition) is 0. The molecule has 1 nitrogen and oxygen atoms in total. The molecule has 2 rings (SSSR count). The summed E-state index contributed by atoms with van der Waals surface area (Å²) in [5, 5.41) is 0. The summed E-state index contributed by atoms with van der Waals surface area (Å²) in [7, 11) is 20.0. The van der Waals surface area contributed by atoms with Gasteiger partial charge >= 0.3 is 49.6 Å². The van der Waals surface area contributed by atoms with E-state index in [4.69, 9.17) is 43.4 Å². The predicted molar refractivity (Wildman–Crippen MR) is 70.5 cm³/mol. The molecule has 0 aromatic heterocycles. The standard InChI is InChI=1S/C10H17N.4ClH.Pt/c1-8-4-2-6-10(8)7-3-5-9(10)11;;;;;/h8-9,11H,1-7H2;4*1H;/q-2;;;;;+6/p-4/t8-,9-,10-;;;;;/m0...../s1. The maximum atomic E-state index is 7.97. The van der Waals surface area contributed by atoms with Crippen molar-refractivity contribution in [1.29, 1.82) is 0 Å². The van der Waals surface area contributed by atoms with Crippen LogP contribution in [-0.4, -0.2) is 6.04 Å². The van der Waals surface area contributed by atoms with Gasteiger partial charge in [0.25, 0.3) is 0 Å². The van der Waals surface area contributed by atoms with Crippen LogP contribution in [0.2, 0.25) is 0 Å². The van der Waals surface area contributed by atoms with Crippen LogP contribution in [0.25, 0.3) is 5.73 Å². The molecule has 2 fully saturated rings. The Morgan fingerprint density at radius 3 is 1.81 bits per heavy atom. The van der Waals surface area contributed by atoms with Gasteiger partial charge in [0.15, 0.2) is 0 Å². The van der Waals surface area contributed by atoms with Crippen molar-refractivity contribution in [3.63, 3.8) is 0 Å². The van der Waals surface area contributed by atoms with Crippen molar-refractivity contribution in [2.24, 2.45) is 11.3 Å². The van der Waals surface area contributed by atoms with E-state index in [1.54, 1.807) is 0 Å². The van der Waals surface area contributed by atoms with E-state index in [0.29, 0.717) is 11.3 Å². The SMILES string of the molecule is [CH2-][C@H]1CCC[C@]12CCC[C@@H]2[NH-].[Cl][Pt+2]([Cl])([Cl])[Cl]. The molecule has 0 saturated heterocycles. The topological polar surface area (TPSA) is 23.8 Å². The third-order valence-electron chi connectivity index (χ3n) is 3.84. The summed E-state index contributed by atoms with van der Waals surface area (Å²) in [5.41, 5.74) is 8.33. The Hall–Kier alpha value is 1.81. The molecule has 100 valence electrons. The van der Waals surface area contributed by atoms with E-state index in [-0.39, 0.29) is 6.04 Å². The summed E-state index contributed by atoms with van der Waals surface area (Å²) in [6.45, 7) is 4.20. The van der Waals surface area contributed by atoms with Crippen molar-refractivity contribution in [1.82, 2.24) is 0 Å². The second-order valence-corrected chi connectivity index (χ2v) is 24.2. The Labute approximate surface area is 117 Å². The normalized spacial score (nSPS) is 39.6. The first-order valence-corrected chi connectivity index (χ1v) is 16.5. The van der Waals surface area contributed by atoms with Crippen molar-refractivity contribution >= 4 is 37.7 Å². The number of hydrogen-bond acceptors (Lipinski definition) is 0. The Morgan fingerprint density at radius 1 is 1.06 bits per heavy atom. The average molecular weight is 488 g/mol. The number of nitrogens with one attached hydrogen (secondary N) is 1. The van der Waals surface area contributed by atoms with Crippen LogP contribution in [0, 0.1) is 18.3 Å². The van der Waals surface area contributed by atoms with Gasteiger partial charge in [-0.3, -0.25) is 0 Å². The van der Waals surface area contributed by atoms with Gasteiger partial charge in [0.2, 0.25) is 0 Å². The van der Waals surface area contributed by atoms with Gasteiger partial charge < -0.3 is 12.7 Å². The van der Waals surface area contributed by atoms with Crippen molar-refractivity contribution in [3.05, 3.63) is 12.7 Å². The molecule has 1 N–H and O–H groups in total. The first-order chi connectivity index (χ1) is 7.26. The molecule has 3 atom stereocenters. The van der Waals surface area contributed by atoms with Crippen LogP contribution in [0.4, 0.5) is 0 Å². The third-order valence-corrected chi connectivity index (χ3v) is 3.84. The Bertz CT molecular complexity index is 207. The van der Waals surface area contributed by atoms with Crippen molar-refractivity contribution in [2.45, 2.75) is 44.6 Å². The molecule has 0 heterocycles. The van der Waals surface area contributed by atoms with Gasteiger partial charge in [-0.1, -0.05) is 43.9 Å². The Morgan fingerprint density at radius 2 is 1.50 bits per heavy atom. The molecule has 2 aliphatic rings. The van der Waals surface area contributed by atoms with Crippen molar-refractivity contribution < 1.29 is 11.9 Å². The molecule has 0 bridgehead atoms. The van der Waals surface area contributed by atoms with Crippen LogP contribution in [-0.2, 0) is 11.9 Å². The summed E-state index contributed by atoms with van der Waals surface area (Å²) >= 11 is -3.06. The van der Waals surface area contributed by atoms with Crippen LogP contribution < -0.4 is 0 Å². The summed E-state index contributed by atoms with van der Waals surface area (Å²) in [6, 6.07) is 0.215. The van der Waals surface area contributed by atoms with Crippen LogP contribution in [0.1, 0.15) is 38.5 Å². The summed E-state index contributed by atoms with van der Waals surface area (Å²) in [6.07, 6.45) is 7.58. The minimum absolute atomic E-state index is 0.215. The van der Waals surface area contributed by atoms with Gasteiger partial charge in [-0.05, 0) is 0 Å². The molecule has 0 unspecified atom stereocenters. The average Bonchev–Trinajstić information content (AvgIpc) is 2.61. The molecule has 0 aromatic rings. The second kappa shape index (κ2) is 6.31. The molecule has 16 heavy (non-hydrogen) atoms. The van der Waals surface area contributed by atoms with E-state index < -0.39 is 11.9 Å². The van der Waals surface area contributed by atoms with Gasteiger partial charge in [0.05, 0.1) is 0 Å². The molecule has 0 amide bonds. The summed E-state index contributed by atoms with van der Waals surface area (Å²) in [4.78, 5) is 0. The van der Waals surface area contributed by atoms with Gasteiger partial charge in [-0.15, -0.1) is 6.04 Å². The second-order valence-electron chi connectivity index (χ2n) is 4.54. The first-order valence-electron chi connectivity index (χ1n) is 5.28. The summed E-state index contributed by atoms with van der Waals surface area (Å²) in [5.74, 6) is 0.590. The fourth-order valence-corrected chi connectivity index (χ4v) is 3.05. The molecule has 0 aliphatic heterocycles. The molecular formula is C10H17Cl4NPt. The molecule has 0 radical (unpaired) electrons. The summed E-state index contributed by atoms with van der Waals surface area (Å²) < 4.78 is 0. The van der Waals surface area contributed by atoms with Gasteiger partial charge in [0.1, 0.15) is 0 Å². The van der Waals surface area contributed by atoms with Crippen molar-refractivity contribution in [3.8, 4) is 0 Å². The third kappa shape index (κ3) is 4.48. The van der Waals surface area contributed by atoms with Crippen molar-refractivity contribution in [2.75, 3.05) is 0 Å². The van der Waals surface area contributed by atoms with E-state index in [2.05, 4.69) is 6.92 Å². The fourth-order valence-electron chi connectivity index (χ4n) is 3.05. The molecule has 2 saturated carbocycles. The van der Waals surface area contributed by atoms with Crippen LogP contribution in [0.5, 0.6) is 0 Å². The van der Waals surface area contributed by atoms with Gasteiger partial charge in [0, 0.05) is 0 Å². The van der Waals surface area contributed by atoms with Crippen LogP contribution >= 0.6 is 37.7 Å². The molecular weight excluding hydrogens is 471 g/mol. The monoisotopic (exact) mass is 486 g/mol. The Balaban J connectivity index is 0.000000221. The zero-order valence-electron chi connectivity index (χ0n) is 8.93. The number of halogens is 4. The van der Waals surface area contributed by atoms with E-state index in [1.807, 2.05) is 0 Å². The molecule has 2 aliphatic carbocycles. The zero-order valence-corrected chi connectivity index (χ0v) is 14.2. The van der Waals surface area contributed by atoms with Crippen LogP contribution in [0.15, 0.2) is 0 Å². The van der Waals surface area contributed by atoms with E-state index in [1.165, 1.54) is 32.1 Å². The quantitative estimate of drug-likeness (QED) is 0.376. The molecule has 0 aromatic carbocycles. The van der Waals surface area contributed by atoms with E-state index in [9.17, 15) is 0 Å².